The van der Waals surface area contributed by atoms with E-state index < -0.39 is 0 Å². The molecule has 86 valence electrons. The second-order valence-electron chi connectivity index (χ2n) is 3.63. The fourth-order valence-electron chi connectivity index (χ4n) is 1.42. The van der Waals surface area contributed by atoms with Crippen molar-refractivity contribution in [1.29, 1.82) is 0 Å². The third-order valence-corrected chi connectivity index (χ3v) is 6.41. The number of halogens is 2. The van der Waals surface area contributed by atoms with Gasteiger partial charge in [-0.15, -0.1) is 22.7 Å². The van der Waals surface area contributed by atoms with E-state index in [9.17, 15) is 0 Å². The predicted molar refractivity (Wildman–Crippen MR) is 76.9 cm³/mol. The zero-order chi connectivity index (χ0) is 11.9. The van der Waals surface area contributed by atoms with Gasteiger partial charge in [0.15, 0.2) is 0 Å². The summed E-state index contributed by atoms with van der Waals surface area (Å²) in [5.74, 6) is 0. The van der Waals surface area contributed by atoms with Crippen molar-refractivity contribution >= 4 is 50.2 Å². The van der Waals surface area contributed by atoms with Crippen molar-refractivity contribution in [3.8, 4) is 0 Å². The SMILES string of the molecule is Cc1csc(C(N)c2cc(Br)c(C)s2)c1Cl. The second-order valence-corrected chi connectivity index (χ2v) is 7.06. The highest BCUT2D eigenvalue weighted by molar-refractivity contribution is 9.10. The van der Waals surface area contributed by atoms with Gasteiger partial charge in [-0.05, 0) is 46.8 Å². The Bertz CT molecular complexity index is 499. The van der Waals surface area contributed by atoms with Crippen LogP contribution in [-0.4, -0.2) is 0 Å². The van der Waals surface area contributed by atoms with Crippen LogP contribution in [-0.2, 0) is 0 Å². The Kier molecular flexibility index (Phi) is 3.76. The average Bonchev–Trinajstić information content (AvgIpc) is 2.73. The van der Waals surface area contributed by atoms with Crippen molar-refractivity contribution in [2.45, 2.75) is 19.9 Å². The molecule has 0 aliphatic rings. The molecule has 0 radical (unpaired) electrons. The summed E-state index contributed by atoms with van der Waals surface area (Å²) in [5.41, 5.74) is 7.33. The van der Waals surface area contributed by atoms with Crippen molar-refractivity contribution < 1.29 is 0 Å². The zero-order valence-corrected chi connectivity index (χ0v) is 12.9. The summed E-state index contributed by atoms with van der Waals surface area (Å²) in [4.78, 5) is 3.44. The maximum Gasteiger partial charge on any atom is 0.0755 e. The Hall–Kier alpha value is 0.130. The van der Waals surface area contributed by atoms with Gasteiger partial charge >= 0.3 is 0 Å². The van der Waals surface area contributed by atoms with Gasteiger partial charge in [-0.1, -0.05) is 11.6 Å². The maximum absolute atomic E-state index is 6.23. The lowest BCUT2D eigenvalue weighted by Crippen LogP contribution is -2.08. The van der Waals surface area contributed by atoms with E-state index in [4.69, 9.17) is 17.3 Å². The average molecular weight is 337 g/mol. The van der Waals surface area contributed by atoms with Crippen molar-refractivity contribution in [3.05, 3.63) is 41.1 Å². The van der Waals surface area contributed by atoms with Gasteiger partial charge in [0.1, 0.15) is 0 Å². The van der Waals surface area contributed by atoms with Crippen molar-refractivity contribution in [2.24, 2.45) is 5.73 Å². The molecule has 1 atom stereocenters. The molecule has 0 aliphatic carbocycles. The number of hydrogen-bond donors (Lipinski definition) is 1. The van der Waals surface area contributed by atoms with Crippen LogP contribution in [0.15, 0.2) is 15.9 Å². The smallest absolute Gasteiger partial charge is 0.0755 e. The molecule has 2 heterocycles. The highest BCUT2D eigenvalue weighted by Crippen LogP contribution is 2.38. The molecular formula is C11H11BrClNS2. The fraction of sp³-hybridized carbons (Fsp3) is 0.273. The minimum atomic E-state index is -0.110. The van der Waals surface area contributed by atoms with E-state index in [2.05, 4.69) is 28.9 Å². The molecule has 0 amide bonds. The van der Waals surface area contributed by atoms with E-state index in [0.29, 0.717) is 0 Å². The molecule has 2 rings (SSSR count). The van der Waals surface area contributed by atoms with Crippen LogP contribution in [0.3, 0.4) is 0 Å². The zero-order valence-electron chi connectivity index (χ0n) is 8.88. The quantitative estimate of drug-likeness (QED) is 0.830. The lowest BCUT2D eigenvalue weighted by atomic mass is 10.2. The first kappa shape index (κ1) is 12.6. The molecule has 2 aromatic heterocycles. The van der Waals surface area contributed by atoms with Crippen LogP contribution in [0, 0.1) is 13.8 Å². The highest BCUT2D eigenvalue weighted by atomic mass is 79.9. The minimum Gasteiger partial charge on any atom is -0.319 e. The molecular weight excluding hydrogens is 326 g/mol. The van der Waals surface area contributed by atoms with Gasteiger partial charge in [0.25, 0.3) is 0 Å². The number of thiophene rings is 2. The van der Waals surface area contributed by atoms with E-state index in [1.807, 2.05) is 12.3 Å². The van der Waals surface area contributed by atoms with Crippen LogP contribution in [0.1, 0.15) is 26.2 Å². The molecule has 2 aromatic rings. The molecule has 0 fully saturated rings. The third kappa shape index (κ3) is 2.22. The second kappa shape index (κ2) is 4.78. The standard InChI is InChI=1S/C11H11BrClNS2/c1-5-4-15-11(9(5)13)10(14)8-3-7(12)6(2)16-8/h3-4,10H,14H2,1-2H3. The van der Waals surface area contributed by atoms with Crippen LogP contribution >= 0.6 is 50.2 Å². The molecule has 0 aromatic carbocycles. The lowest BCUT2D eigenvalue weighted by molar-refractivity contribution is 0.916. The van der Waals surface area contributed by atoms with Crippen LogP contribution in [0.5, 0.6) is 0 Å². The molecule has 5 heteroatoms. The van der Waals surface area contributed by atoms with E-state index in [1.54, 1.807) is 22.7 Å². The maximum atomic E-state index is 6.23. The van der Waals surface area contributed by atoms with E-state index in [0.717, 1.165) is 24.8 Å². The Morgan fingerprint density at radius 3 is 2.56 bits per heavy atom. The van der Waals surface area contributed by atoms with Crippen LogP contribution < -0.4 is 5.73 Å². The summed E-state index contributed by atoms with van der Waals surface area (Å²) >= 11 is 13.1. The number of rotatable bonds is 2. The van der Waals surface area contributed by atoms with E-state index in [1.165, 1.54) is 4.88 Å². The van der Waals surface area contributed by atoms with Crippen LogP contribution in [0.4, 0.5) is 0 Å². The first-order chi connectivity index (χ1) is 7.50. The molecule has 1 nitrogen and oxygen atoms in total. The summed E-state index contributed by atoms with van der Waals surface area (Å²) in [5, 5.41) is 2.85. The Labute approximate surface area is 116 Å². The lowest BCUT2D eigenvalue weighted by Gasteiger charge is -2.07. The summed E-state index contributed by atoms with van der Waals surface area (Å²) in [6.07, 6.45) is 0. The Morgan fingerprint density at radius 2 is 2.12 bits per heavy atom. The number of hydrogen-bond acceptors (Lipinski definition) is 3. The normalized spacial score (nSPS) is 13.1. The predicted octanol–water partition coefficient (Wildman–Crippen LogP) is 4.89. The summed E-state index contributed by atoms with van der Waals surface area (Å²) in [6.45, 7) is 4.08. The van der Waals surface area contributed by atoms with Gasteiger partial charge in [0.2, 0.25) is 0 Å². The highest BCUT2D eigenvalue weighted by Gasteiger charge is 2.18. The first-order valence-electron chi connectivity index (χ1n) is 4.75. The minimum absolute atomic E-state index is 0.110. The van der Waals surface area contributed by atoms with Crippen LogP contribution in [0.25, 0.3) is 0 Å². The van der Waals surface area contributed by atoms with Crippen molar-refractivity contribution in [1.82, 2.24) is 0 Å². The molecule has 16 heavy (non-hydrogen) atoms. The molecule has 1 unspecified atom stereocenters. The van der Waals surface area contributed by atoms with Gasteiger partial charge in [-0.3, -0.25) is 0 Å². The van der Waals surface area contributed by atoms with Gasteiger partial charge in [-0.2, -0.15) is 0 Å². The molecule has 0 spiro atoms. The number of nitrogens with two attached hydrogens (primary N) is 1. The van der Waals surface area contributed by atoms with Gasteiger partial charge in [-0.25, -0.2) is 0 Å². The van der Waals surface area contributed by atoms with Gasteiger partial charge in [0.05, 0.1) is 11.1 Å². The molecule has 0 saturated carbocycles. The summed E-state index contributed by atoms with van der Waals surface area (Å²) in [7, 11) is 0. The fourth-order valence-corrected chi connectivity index (χ4v) is 4.40. The van der Waals surface area contributed by atoms with Crippen LogP contribution in [0.2, 0.25) is 5.02 Å². The van der Waals surface area contributed by atoms with Gasteiger partial charge < -0.3 is 5.73 Å². The molecule has 0 saturated heterocycles. The third-order valence-electron chi connectivity index (χ3n) is 2.39. The summed E-state index contributed by atoms with van der Waals surface area (Å²) in [6, 6.07) is 1.97. The van der Waals surface area contributed by atoms with Crippen molar-refractivity contribution in [3.63, 3.8) is 0 Å². The Balaban J connectivity index is 2.38. The monoisotopic (exact) mass is 335 g/mol. The first-order valence-corrected chi connectivity index (χ1v) is 7.62. The van der Waals surface area contributed by atoms with Gasteiger partial charge in [0, 0.05) is 19.1 Å². The number of aryl methyl sites for hydroxylation is 2. The molecule has 0 aliphatic heterocycles. The van der Waals surface area contributed by atoms with E-state index >= 15 is 0 Å². The molecule has 2 N–H and O–H groups in total. The Morgan fingerprint density at radius 1 is 1.44 bits per heavy atom. The van der Waals surface area contributed by atoms with Crippen molar-refractivity contribution in [2.75, 3.05) is 0 Å². The molecule has 0 bridgehead atoms. The topological polar surface area (TPSA) is 26.0 Å². The van der Waals surface area contributed by atoms with E-state index in [-0.39, 0.29) is 6.04 Å². The largest absolute Gasteiger partial charge is 0.319 e. The summed E-state index contributed by atoms with van der Waals surface area (Å²) < 4.78 is 1.12.